The topological polar surface area (TPSA) is 82.5 Å². The van der Waals surface area contributed by atoms with Crippen LogP contribution < -0.4 is 20.3 Å². The van der Waals surface area contributed by atoms with E-state index in [1.165, 1.54) is 29.3 Å². The molecule has 7 nitrogen and oxygen atoms in total. The number of aromatic nitrogens is 2. The summed E-state index contributed by atoms with van der Waals surface area (Å²) in [5.74, 6) is 0.908. The second-order valence-corrected chi connectivity index (χ2v) is 8.52. The van der Waals surface area contributed by atoms with Crippen molar-refractivity contribution < 1.29 is 14.3 Å². The van der Waals surface area contributed by atoms with Gasteiger partial charge in [0, 0.05) is 16.6 Å². The minimum atomic E-state index is -0.789. The first-order valence-corrected chi connectivity index (χ1v) is 11.5. The van der Waals surface area contributed by atoms with Crippen LogP contribution in [0.5, 0.6) is 11.5 Å². The minimum absolute atomic E-state index is 0.277. The number of halogens is 1. The molecule has 0 saturated heterocycles. The van der Waals surface area contributed by atoms with Crippen LogP contribution >= 0.6 is 22.9 Å². The number of ether oxygens (including phenoxy) is 2. The van der Waals surface area contributed by atoms with Gasteiger partial charge >= 0.3 is 0 Å². The number of rotatable bonds is 7. The van der Waals surface area contributed by atoms with Gasteiger partial charge < -0.3 is 14.8 Å². The molecule has 170 valence electrons. The average molecular weight is 484 g/mol. The number of benzene rings is 2. The SMILES string of the molecule is CCOc1ccc(-c2csc3ncn(C(C)C(=O)Nc4ccc(OC)c(Cl)c4)c(=O)c23)cc1. The Kier molecular flexibility index (Phi) is 6.67. The highest BCUT2D eigenvalue weighted by atomic mass is 35.5. The molecule has 2 aromatic carbocycles. The molecule has 2 heterocycles. The van der Waals surface area contributed by atoms with E-state index in [4.69, 9.17) is 21.1 Å². The van der Waals surface area contributed by atoms with Crippen molar-refractivity contribution in [3.8, 4) is 22.6 Å². The molecule has 0 bridgehead atoms. The number of fused-ring (bicyclic) bond motifs is 1. The maximum Gasteiger partial charge on any atom is 0.263 e. The molecule has 1 atom stereocenters. The standard InChI is InChI=1S/C24H22ClN3O4S/c1-4-32-17-8-5-15(6-9-17)18-12-33-23-21(18)24(30)28(13-26-23)14(2)22(29)27-16-7-10-20(31-3)19(25)11-16/h5-14H,4H2,1-3H3,(H,27,29). The van der Waals surface area contributed by atoms with Gasteiger partial charge in [-0.15, -0.1) is 11.3 Å². The van der Waals surface area contributed by atoms with Crippen molar-refractivity contribution in [3.63, 3.8) is 0 Å². The maximum atomic E-state index is 13.4. The van der Waals surface area contributed by atoms with Crippen LogP contribution in [0.1, 0.15) is 19.9 Å². The second-order valence-electron chi connectivity index (χ2n) is 7.26. The Bertz CT molecular complexity index is 1360. The zero-order valence-electron chi connectivity index (χ0n) is 18.3. The van der Waals surface area contributed by atoms with E-state index in [1.54, 1.807) is 25.1 Å². The summed E-state index contributed by atoms with van der Waals surface area (Å²) in [5.41, 5.74) is 1.89. The zero-order valence-corrected chi connectivity index (χ0v) is 19.9. The molecule has 1 N–H and O–H groups in total. The number of methoxy groups -OCH3 is 1. The van der Waals surface area contributed by atoms with E-state index in [1.807, 2.05) is 36.6 Å². The average Bonchev–Trinajstić information content (AvgIpc) is 3.25. The molecule has 0 radical (unpaired) electrons. The van der Waals surface area contributed by atoms with Crippen LogP contribution in [0, 0.1) is 0 Å². The van der Waals surface area contributed by atoms with Gasteiger partial charge in [0.15, 0.2) is 0 Å². The Hall–Kier alpha value is -3.36. The fourth-order valence-electron chi connectivity index (χ4n) is 3.45. The van der Waals surface area contributed by atoms with Gasteiger partial charge in [0.1, 0.15) is 22.4 Å². The van der Waals surface area contributed by atoms with Crippen LogP contribution in [0.3, 0.4) is 0 Å². The van der Waals surface area contributed by atoms with Gasteiger partial charge in [-0.1, -0.05) is 23.7 Å². The largest absolute Gasteiger partial charge is 0.495 e. The van der Waals surface area contributed by atoms with E-state index in [0.717, 1.165) is 16.9 Å². The quantitative estimate of drug-likeness (QED) is 0.381. The molecule has 0 aliphatic heterocycles. The van der Waals surface area contributed by atoms with Crippen molar-refractivity contribution in [1.82, 2.24) is 9.55 Å². The molecule has 2 aromatic heterocycles. The lowest BCUT2D eigenvalue weighted by Gasteiger charge is -2.15. The first kappa shape index (κ1) is 22.8. The lowest BCUT2D eigenvalue weighted by atomic mass is 10.1. The first-order valence-electron chi connectivity index (χ1n) is 10.3. The molecule has 33 heavy (non-hydrogen) atoms. The number of hydrogen-bond donors (Lipinski definition) is 1. The smallest absolute Gasteiger partial charge is 0.263 e. The molecule has 1 amide bonds. The predicted octanol–water partition coefficient (Wildman–Crippen LogP) is 5.39. The van der Waals surface area contributed by atoms with Gasteiger partial charge in [0.25, 0.3) is 5.56 Å². The number of carbonyl (C=O) groups is 1. The molecule has 1 unspecified atom stereocenters. The summed E-state index contributed by atoms with van der Waals surface area (Å²) in [7, 11) is 1.52. The minimum Gasteiger partial charge on any atom is -0.495 e. The fraction of sp³-hybridized carbons (Fsp3) is 0.208. The normalized spacial score (nSPS) is 11.9. The van der Waals surface area contributed by atoms with Gasteiger partial charge in [-0.3, -0.25) is 14.2 Å². The number of amides is 1. The third-order valence-corrected chi connectivity index (χ3v) is 6.39. The third-order valence-electron chi connectivity index (χ3n) is 5.21. The molecule has 4 aromatic rings. The monoisotopic (exact) mass is 483 g/mol. The van der Waals surface area contributed by atoms with Gasteiger partial charge in [-0.25, -0.2) is 4.98 Å². The van der Waals surface area contributed by atoms with E-state index < -0.39 is 6.04 Å². The molecule has 0 saturated carbocycles. The molecular weight excluding hydrogens is 462 g/mol. The lowest BCUT2D eigenvalue weighted by Crippen LogP contribution is -2.31. The molecular formula is C24H22ClN3O4S. The highest BCUT2D eigenvalue weighted by Crippen LogP contribution is 2.32. The van der Waals surface area contributed by atoms with Crippen molar-refractivity contribution >= 4 is 44.7 Å². The Morgan fingerprint density at radius 2 is 2.00 bits per heavy atom. The van der Waals surface area contributed by atoms with Crippen molar-refractivity contribution in [2.75, 3.05) is 19.0 Å². The van der Waals surface area contributed by atoms with Crippen LogP contribution in [0.15, 0.2) is 59.0 Å². The van der Waals surface area contributed by atoms with E-state index >= 15 is 0 Å². The summed E-state index contributed by atoms with van der Waals surface area (Å²) in [6, 6.07) is 11.7. The fourth-order valence-corrected chi connectivity index (χ4v) is 4.61. The number of carbonyl (C=O) groups excluding carboxylic acids is 1. The molecule has 0 spiro atoms. The maximum absolute atomic E-state index is 13.4. The highest BCUT2D eigenvalue weighted by Gasteiger charge is 2.21. The van der Waals surface area contributed by atoms with E-state index in [-0.39, 0.29) is 11.5 Å². The van der Waals surface area contributed by atoms with Crippen LogP contribution in [0.25, 0.3) is 21.3 Å². The Labute approximate surface area is 199 Å². The molecule has 4 rings (SSSR count). The Morgan fingerprint density at radius 1 is 1.24 bits per heavy atom. The van der Waals surface area contributed by atoms with Gasteiger partial charge in [-0.2, -0.15) is 0 Å². The molecule has 0 aliphatic carbocycles. The summed E-state index contributed by atoms with van der Waals surface area (Å²) in [6.07, 6.45) is 1.41. The molecule has 0 fully saturated rings. The van der Waals surface area contributed by atoms with Gasteiger partial charge in [0.05, 0.1) is 30.5 Å². The second kappa shape index (κ2) is 9.64. The number of nitrogens with zero attached hydrogens (tertiary/aromatic N) is 2. The van der Waals surface area contributed by atoms with Crippen LogP contribution in [-0.4, -0.2) is 29.2 Å². The highest BCUT2D eigenvalue weighted by molar-refractivity contribution is 7.17. The van der Waals surface area contributed by atoms with Crippen molar-refractivity contribution in [2.24, 2.45) is 0 Å². The zero-order chi connectivity index (χ0) is 23.5. The molecule has 9 heteroatoms. The van der Waals surface area contributed by atoms with Crippen molar-refractivity contribution in [2.45, 2.75) is 19.9 Å². The third kappa shape index (κ3) is 4.58. The first-order chi connectivity index (χ1) is 15.9. The number of nitrogens with one attached hydrogen (secondary N) is 1. The van der Waals surface area contributed by atoms with E-state index in [9.17, 15) is 9.59 Å². The summed E-state index contributed by atoms with van der Waals surface area (Å²) < 4.78 is 12.0. The summed E-state index contributed by atoms with van der Waals surface area (Å²) in [5, 5.41) is 5.56. The molecule has 0 aliphatic rings. The summed E-state index contributed by atoms with van der Waals surface area (Å²) in [4.78, 5) is 31.3. The summed E-state index contributed by atoms with van der Waals surface area (Å²) >= 11 is 7.53. The van der Waals surface area contributed by atoms with Gasteiger partial charge in [-0.05, 0) is 49.7 Å². The number of hydrogen-bond acceptors (Lipinski definition) is 6. The van der Waals surface area contributed by atoms with Crippen LogP contribution in [0.4, 0.5) is 5.69 Å². The van der Waals surface area contributed by atoms with E-state index in [2.05, 4.69) is 10.3 Å². The van der Waals surface area contributed by atoms with E-state index in [0.29, 0.717) is 33.3 Å². The Morgan fingerprint density at radius 3 is 2.67 bits per heavy atom. The van der Waals surface area contributed by atoms with Crippen molar-refractivity contribution in [3.05, 3.63) is 69.5 Å². The summed E-state index contributed by atoms with van der Waals surface area (Å²) in [6.45, 7) is 4.16. The Balaban J connectivity index is 1.64. The number of anilines is 1. The lowest BCUT2D eigenvalue weighted by molar-refractivity contribution is -0.118. The predicted molar refractivity (Wildman–Crippen MR) is 132 cm³/mol. The van der Waals surface area contributed by atoms with Crippen molar-refractivity contribution in [1.29, 1.82) is 0 Å². The van der Waals surface area contributed by atoms with Crippen LogP contribution in [-0.2, 0) is 4.79 Å². The van der Waals surface area contributed by atoms with Gasteiger partial charge in [0.2, 0.25) is 5.91 Å². The number of thiophene rings is 1. The van der Waals surface area contributed by atoms with Crippen LogP contribution in [0.2, 0.25) is 5.02 Å².